The molecule has 2 aliphatic rings. The van der Waals surface area contributed by atoms with Crippen molar-refractivity contribution in [2.75, 3.05) is 14.1 Å². The topological polar surface area (TPSA) is 209 Å². The van der Waals surface area contributed by atoms with Crippen LogP contribution in [-0.2, 0) is 63.5 Å². The number of carboxylic acid groups (broad SMARTS) is 1. The lowest BCUT2D eigenvalue weighted by molar-refractivity contribution is -0.178. The molecule has 0 bridgehead atoms. The van der Waals surface area contributed by atoms with Crippen molar-refractivity contribution in [3.8, 4) is 0 Å². The summed E-state index contributed by atoms with van der Waals surface area (Å²) in [5, 5.41) is 9.74. The molecule has 0 aliphatic heterocycles. The maximum Gasteiger partial charge on any atom is 0.413 e. The van der Waals surface area contributed by atoms with Crippen LogP contribution in [0, 0.1) is 23.7 Å². The van der Waals surface area contributed by atoms with Gasteiger partial charge in [0, 0.05) is 55.0 Å². The fourth-order valence-electron chi connectivity index (χ4n) is 8.61. The summed E-state index contributed by atoms with van der Waals surface area (Å²) in [6.07, 6.45) is 1.88. The predicted octanol–water partition coefficient (Wildman–Crippen LogP) is 13.3. The Kier molecular flexibility index (Phi) is 28.7. The number of alkyl halides is 1. The number of esters is 3. The average Bonchev–Trinajstić information content (AvgIpc) is 3.26. The Labute approximate surface area is 461 Å². The Balaban J connectivity index is 0.00000120. The fraction of sp³-hybridized carbons (Fsp3) is 0.643. The minimum absolute atomic E-state index is 0. The molecule has 2 amide bonds. The van der Waals surface area contributed by atoms with E-state index in [9.17, 15) is 38.4 Å². The van der Waals surface area contributed by atoms with E-state index >= 15 is 0 Å². The van der Waals surface area contributed by atoms with Crippen LogP contribution in [-0.4, -0.2) is 99.7 Å². The molecule has 0 spiro atoms. The third-order valence-electron chi connectivity index (χ3n) is 12.3. The summed E-state index contributed by atoms with van der Waals surface area (Å²) in [5.74, 6) is -4.45. The van der Waals surface area contributed by atoms with Crippen molar-refractivity contribution in [3.05, 3.63) is 69.7 Å². The second-order valence-corrected chi connectivity index (χ2v) is 22.4. The lowest BCUT2D eigenvalue weighted by atomic mass is 9.74. The van der Waals surface area contributed by atoms with Gasteiger partial charge >= 0.3 is 36.1 Å². The molecule has 2 aromatic rings. The van der Waals surface area contributed by atoms with Gasteiger partial charge in [0.25, 0.3) is 0 Å². The highest BCUT2D eigenvalue weighted by atomic mass is 35.5. The van der Waals surface area contributed by atoms with Gasteiger partial charge in [-0.25, -0.2) is 9.59 Å². The molecule has 19 heteroatoms. The zero-order valence-electron chi connectivity index (χ0n) is 44.9. The number of halogens is 3. The molecular weight excluding hydrogens is 1030 g/mol. The van der Waals surface area contributed by atoms with Crippen molar-refractivity contribution in [2.24, 2.45) is 23.7 Å². The highest BCUT2D eigenvalue weighted by Crippen LogP contribution is 2.44. The third kappa shape index (κ3) is 20.5. The standard InChI is InChI=1S/C27H38ClNO7.C16H19Cl2NO3.C11H20O4.2CH4/c1-17(2)19(16-23(31)36-26(4,5)6)24(32)34-18(3)35-25(33)29(7)27(15-11-10-14-22(27)30)20-12-8-9-13-21(20)28;1-11(17)22-15(21)19(2)16(10-6-5-9-14(16)20)12-7-3-4-8-13(12)18;1-7(2)8(10(13)14)6-9(12)15-11(3,4)5;;/h8-9,12-13,17-19H,10-11,14-16H2,1-7H3;3-4,7-8,11H,5-6,9-10H2,1-2H3;7-8H,6H2,1-5H3,(H,13,14);2*1H4/t18?,19-,27-;11?,16-;8-;;/m000../s1. The molecule has 16 nitrogen and oxygen atoms in total. The van der Waals surface area contributed by atoms with Gasteiger partial charge in [-0.1, -0.05) is 114 Å². The number of amides is 2. The van der Waals surface area contributed by atoms with E-state index in [0.717, 1.165) is 25.7 Å². The van der Waals surface area contributed by atoms with E-state index in [1.807, 2.05) is 6.07 Å². The molecule has 4 rings (SSSR count). The Morgan fingerprint density at radius 1 is 0.600 bits per heavy atom. The summed E-state index contributed by atoms with van der Waals surface area (Å²) in [7, 11) is 3.05. The summed E-state index contributed by atoms with van der Waals surface area (Å²) in [4.78, 5) is 101. The lowest BCUT2D eigenvalue weighted by Gasteiger charge is -2.43. The van der Waals surface area contributed by atoms with Crippen LogP contribution in [0.4, 0.5) is 9.59 Å². The molecule has 75 heavy (non-hydrogen) atoms. The van der Waals surface area contributed by atoms with Gasteiger partial charge in [-0.15, -0.1) is 0 Å². The molecule has 1 N–H and O–H groups in total. The number of ether oxygens (including phenoxy) is 5. The van der Waals surface area contributed by atoms with Gasteiger partial charge in [-0.3, -0.25) is 38.6 Å². The van der Waals surface area contributed by atoms with Crippen LogP contribution in [0.1, 0.15) is 173 Å². The van der Waals surface area contributed by atoms with Crippen molar-refractivity contribution in [3.63, 3.8) is 0 Å². The van der Waals surface area contributed by atoms with Crippen LogP contribution in [0.3, 0.4) is 0 Å². The van der Waals surface area contributed by atoms with Gasteiger partial charge in [0.1, 0.15) is 22.3 Å². The first-order valence-corrected chi connectivity index (χ1v) is 25.9. The zero-order valence-corrected chi connectivity index (χ0v) is 47.2. The summed E-state index contributed by atoms with van der Waals surface area (Å²) < 4.78 is 26.2. The molecular formula is C56H85Cl3N2O14. The monoisotopic (exact) mass is 1110 g/mol. The van der Waals surface area contributed by atoms with Crippen molar-refractivity contribution >= 4 is 82.4 Å². The first kappa shape index (κ1) is 70.1. The van der Waals surface area contributed by atoms with Crippen LogP contribution in [0.25, 0.3) is 0 Å². The fourth-order valence-corrected chi connectivity index (χ4v) is 9.27. The number of benzene rings is 2. The van der Waals surface area contributed by atoms with Crippen LogP contribution in [0.15, 0.2) is 48.5 Å². The van der Waals surface area contributed by atoms with Crippen LogP contribution in [0.5, 0.6) is 0 Å². The minimum Gasteiger partial charge on any atom is -0.481 e. The summed E-state index contributed by atoms with van der Waals surface area (Å²) in [6, 6.07) is 14.1. The van der Waals surface area contributed by atoms with E-state index in [1.165, 1.54) is 23.8 Å². The van der Waals surface area contributed by atoms with E-state index in [4.69, 9.17) is 63.6 Å². The zero-order chi connectivity index (χ0) is 55.8. The number of aliphatic carboxylic acids is 1. The number of rotatable bonds is 15. The van der Waals surface area contributed by atoms with Crippen LogP contribution >= 0.6 is 34.8 Å². The van der Waals surface area contributed by atoms with Gasteiger partial charge in [0.05, 0.1) is 24.7 Å². The number of Topliss-reactive ketones (excluding diaryl/α,β-unsaturated/α-hetero) is 2. The highest BCUT2D eigenvalue weighted by Gasteiger charge is 2.50. The highest BCUT2D eigenvalue weighted by molar-refractivity contribution is 6.32. The first-order chi connectivity index (χ1) is 33.7. The van der Waals surface area contributed by atoms with E-state index in [-0.39, 0.29) is 51.1 Å². The SMILES string of the molecule is C.C.CC(C)[C@H](CC(=O)OC(C)(C)C)C(=O)O.CC(Cl)OC(=O)N(C)[C@]1(c2ccccc2Cl)CCCCC1=O.CC(OC(=O)[C@@H](CC(=O)OC(C)(C)C)C(C)C)OC(=O)N(C)[C@]1(c2ccccc2Cl)CCCCC1=O. The summed E-state index contributed by atoms with van der Waals surface area (Å²) in [6.45, 7) is 20.6. The molecule has 0 saturated heterocycles. The molecule has 0 heterocycles. The van der Waals surface area contributed by atoms with Crippen molar-refractivity contribution < 1.29 is 67.1 Å². The normalized spacial score (nSPS) is 19.0. The van der Waals surface area contributed by atoms with E-state index in [0.29, 0.717) is 46.9 Å². The van der Waals surface area contributed by atoms with E-state index < -0.39 is 82.0 Å². The third-order valence-corrected chi connectivity index (χ3v) is 13.0. The summed E-state index contributed by atoms with van der Waals surface area (Å²) in [5.41, 5.74) is -3.17. The van der Waals surface area contributed by atoms with Gasteiger partial charge in [0.2, 0.25) is 6.29 Å². The Morgan fingerprint density at radius 2 is 0.960 bits per heavy atom. The number of carbonyl (C=O) groups excluding carboxylic acids is 7. The van der Waals surface area contributed by atoms with E-state index in [2.05, 4.69) is 0 Å². The average molecular weight is 1120 g/mol. The second-order valence-electron chi connectivity index (χ2n) is 21.0. The largest absolute Gasteiger partial charge is 0.481 e. The summed E-state index contributed by atoms with van der Waals surface area (Å²) >= 11 is 18.5. The van der Waals surface area contributed by atoms with Gasteiger partial charge < -0.3 is 28.8 Å². The number of carbonyl (C=O) groups is 8. The number of ketones is 2. The second kappa shape index (κ2) is 30.7. The Bertz CT molecular complexity index is 2240. The minimum atomic E-state index is -1.27. The molecule has 0 aromatic heterocycles. The Hall–Kier alpha value is -4.93. The quantitative estimate of drug-likeness (QED) is 0.0761. The number of hydrogen-bond acceptors (Lipinski definition) is 13. The Morgan fingerprint density at radius 3 is 1.28 bits per heavy atom. The van der Waals surface area contributed by atoms with Gasteiger partial charge in [-0.2, -0.15) is 0 Å². The number of nitrogens with zero attached hydrogens (tertiary/aromatic N) is 2. The van der Waals surface area contributed by atoms with Crippen molar-refractivity contribution in [1.29, 1.82) is 0 Å². The molecule has 0 radical (unpaired) electrons. The van der Waals surface area contributed by atoms with Gasteiger partial charge in [-0.05, 0) is 111 Å². The molecule has 2 aromatic carbocycles. The van der Waals surface area contributed by atoms with Crippen molar-refractivity contribution in [1.82, 2.24) is 9.80 Å². The molecule has 2 aliphatic carbocycles. The lowest BCUT2D eigenvalue weighted by Crippen LogP contribution is -2.55. The van der Waals surface area contributed by atoms with Crippen LogP contribution in [0.2, 0.25) is 10.0 Å². The number of likely N-dealkylation sites (N-methyl/N-ethyl adjacent to an activating group) is 2. The van der Waals surface area contributed by atoms with Crippen molar-refractivity contribution in [2.45, 2.75) is 196 Å². The molecule has 424 valence electrons. The maximum atomic E-state index is 13.2. The maximum absolute atomic E-state index is 13.2. The number of carboxylic acids is 1. The first-order valence-electron chi connectivity index (χ1n) is 24.7. The van der Waals surface area contributed by atoms with Crippen LogP contribution < -0.4 is 0 Å². The molecule has 2 saturated carbocycles. The smallest absolute Gasteiger partial charge is 0.413 e. The predicted molar refractivity (Wildman–Crippen MR) is 291 cm³/mol. The molecule has 2 unspecified atom stereocenters. The molecule has 2 fully saturated rings. The molecule has 6 atom stereocenters. The number of hydrogen-bond donors (Lipinski definition) is 1. The van der Waals surface area contributed by atoms with E-state index in [1.54, 1.807) is 126 Å². The van der Waals surface area contributed by atoms with Gasteiger partial charge in [0.15, 0.2) is 17.1 Å².